The Labute approximate surface area is 165 Å². The first-order chi connectivity index (χ1) is 12.8. The highest BCUT2D eigenvalue weighted by atomic mass is 28.4. The van der Waals surface area contributed by atoms with Crippen LogP contribution in [-0.4, -0.2) is 55.2 Å². The molecule has 9 nitrogen and oxygen atoms in total. The highest BCUT2D eigenvalue weighted by Crippen LogP contribution is 2.41. The number of hydrogen-bond donors (Lipinski definition) is 1. The number of amides is 1. The van der Waals surface area contributed by atoms with Crippen molar-refractivity contribution in [3.63, 3.8) is 0 Å². The molecule has 1 aromatic heterocycles. The minimum atomic E-state index is -2.20. The summed E-state index contributed by atoms with van der Waals surface area (Å²) in [7, 11) is 0.688. The van der Waals surface area contributed by atoms with Crippen LogP contribution < -0.4 is 11.2 Å². The Balaban J connectivity index is 2.39. The number of nitrogens with one attached hydrogen (secondary N) is 1. The van der Waals surface area contributed by atoms with E-state index in [2.05, 4.69) is 38.8 Å². The van der Waals surface area contributed by atoms with Crippen LogP contribution in [0.25, 0.3) is 0 Å². The molecule has 1 amide bonds. The van der Waals surface area contributed by atoms with E-state index < -0.39 is 38.0 Å². The predicted molar refractivity (Wildman–Crippen MR) is 106 cm³/mol. The Bertz CT molecular complexity index is 841. The van der Waals surface area contributed by atoms with Crippen LogP contribution in [0, 0.1) is 6.92 Å². The van der Waals surface area contributed by atoms with Gasteiger partial charge in [-0.15, -0.1) is 0 Å². The number of rotatable bonds is 5. The molecule has 1 saturated heterocycles. The number of H-pyrrole nitrogens is 1. The average Bonchev–Trinajstić information content (AvgIpc) is 2.98. The topological polar surface area (TPSA) is 103 Å². The summed E-state index contributed by atoms with van der Waals surface area (Å²) in [5, 5.41) is 1.03. The molecule has 0 radical (unpaired) electrons. The van der Waals surface area contributed by atoms with Gasteiger partial charge >= 0.3 is 5.69 Å². The summed E-state index contributed by atoms with van der Waals surface area (Å²) < 4.78 is 13.7. The summed E-state index contributed by atoms with van der Waals surface area (Å²) in [6.45, 7) is 12.1. The number of carbonyl (C=O) groups excluding carboxylic acids is 1. The summed E-state index contributed by atoms with van der Waals surface area (Å²) >= 11 is 0. The van der Waals surface area contributed by atoms with Gasteiger partial charge in [0.15, 0.2) is 14.4 Å². The Morgan fingerprint density at radius 2 is 1.96 bits per heavy atom. The predicted octanol–water partition coefficient (Wildman–Crippen LogP) is 1.54. The summed E-state index contributed by atoms with van der Waals surface area (Å²) in [6.07, 6.45) is -0.413. The van der Waals surface area contributed by atoms with Gasteiger partial charge < -0.3 is 9.16 Å². The van der Waals surface area contributed by atoms with Gasteiger partial charge in [-0.25, -0.2) is 9.86 Å². The van der Waals surface area contributed by atoms with E-state index in [-0.39, 0.29) is 10.9 Å². The van der Waals surface area contributed by atoms with Crippen molar-refractivity contribution in [1.29, 1.82) is 0 Å². The lowest BCUT2D eigenvalue weighted by atomic mass is 10.1. The van der Waals surface area contributed by atoms with Gasteiger partial charge in [-0.1, -0.05) is 20.8 Å². The van der Waals surface area contributed by atoms with Crippen LogP contribution in [0.15, 0.2) is 15.8 Å². The third-order valence-corrected chi connectivity index (χ3v) is 10.1. The highest BCUT2D eigenvalue weighted by Gasteiger charge is 2.48. The van der Waals surface area contributed by atoms with E-state index in [0.29, 0.717) is 12.0 Å². The number of aromatic amines is 1. The van der Waals surface area contributed by atoms with E-state index in [1.807, 2.05) is 0 Å². The zero-order valence-corrected chi connectivity index (χ0v) is 18.9. The first-order valence-corrected chi connectivity index (χ1v) is 12.2. The molecule has 3 atom stereocenters. The molecule has 10 heteroatoms. The molecule has 1 aromatic rings. The molecule has 1 aliphatic heterocycles. The van der Waals surface area contributed by atoms with E-state index in [0.717, 1.165) is 5.06 Å². The standard InChI is InChI=1S/C18H31N3O6Si/c1-11-10-21(17(24)19-15(11)22)13-9-12(27-28(7,8)18(2,3)4)14(26-13)16(23)20(5)25-6/h10,12-14H,9H2,1-8H3,(H,19,22,24)/t12-,13-,14+/m1/s1. The number of carbonyl (C=O) groups is 1. The van der Waals surface area contributed by atoms with Gasteiger partial charge in [0, 0.05) is 25.2 Å². The molecule has 0 spiro atoms. The number of nitrogens with zero attached hydrogens (tertiary/aromatic N) is 2. The quantitative estimate of drug-likeness (QED) is 0.580. The number of aryl methyl sites for hydroxylation is 1. The molecule has 2 rings (SSSR count). The zero-order valence-electron chi connectivity index (χ0n) is 17.9. The van der Waals surface area contributed by atoms with Gasteiger partial charge in [0.25, 0.3) is 11.5 Å². The Hall–Kier alpha value is -1.75. The zero-order chi connectivity index (χ0) is 21.4. The third kappa shape index (κ3) is 4.45. The number of hydrogen-bond acceptors (Lipinski definition) is 6. The maximum Gasteiger partial charge on any atom is 0.330 e. The van der Waals surface area contributed by atoms with Crippen molar-refractivity contribution in [1.82, 2.24) is 14.6 Å². The van der Waals surface area contributed by atoms with Gasteiger partial charge in [-0.2, -0.15) is 0 Å². The molecule has 0 aromatic carbocycles. The summed E-state index contributed by atoms with van der Waals surface area (Å²) in [6, 6.07) is 0. The van der Waals surface area contributed by atoms with Crippen molar-refractivity contribution in [2.24, 2.45) is 0 Å². The molecular weight excluding hydrogens is 382 g/mol. The molecule has 0 aliphatic carbocycles. The van der Waals surface area contributed by atoms with Crippen LogP contribution in [0.4, 0.5) is 0 Å². The monoisotopic (exact) mass is 413 g/mol. The molecule has 2 heterocycles. The summed E-state index contributed by atoms with van der Waals surface area (Å²) in [5.74, 6) is -0.386. The fourth-order valence-electron chi connectivity index (χ4n) is 2.77. The smallest absolute Gasteiger partial charge is 0.330 e. The molecule has 0 unspecified atom stereocenters. The number of aromatic nitrogens is 2. The maximum absolute atomic E-state index is 12.8. The van der Waals surface area contributed by atoms with Gasteiger partial charge in [0.2, 0.25) is 0 Å². The minimum absolute atomic E-state index is 0.0583. The second kappa shape index (κ2) is 7.94. The Morgan fingerprint density at radius 1 is 1.36 bits per heavy atom. The molecule has 1 aliphatic rings. The SMILES string of the molecule is CON(C)C(=O)[C@H]1O[C@@H](n2cc(C)c(=O)[nH]c2=O)C[C@H]1O[Si](C)(C)C(C)(C)C. The number of hydroxylamine groups is 2. The van der Waals surface area contributed by atoms with Crippen molar-refractivity contribution in [3.8, 4) is 0 Å². The number of likely N-dealkylation sites (N-methyl/N-ethyl adjacent to an activating group) is 1. The molecular formula is C18H31N3O6Si. The van der Waals surface area contributed by atoms with Crippen molar-refractivity contribution in [3.05, 3.63) is 32.6 Å². The molecule has 28 heavy (non-hydrogen) atoms. The van der Waals surface area contributed by atoms with Crippen LogP contribution in [0.2, 0.25) is 18.1 Å². The highest BCUT2D eigenvalue weighted by molar-refractivity contribution is 6.74. The van der Waals surface area contributed by atoms with Gasteiger partial charge in [0.05, 0.1) is 13.2 Å². The van der Waals surface area contributed by atoms with Crippen LogP contribution in [0.3, 0.4) is 0 Å². The second-order valence-corrected chi connectivity index (χ2v) is 13.4. The fraction of sp³-hybridized carbons (Fsp3) is 0.722. The van der Waals surface area contributed by atoms with Crippen molar-refractivity contribution in [2.75, 3.05) is 14.2 Å². The van der Waals surface area contributed by atoms with Crippen molar-refractivity contribution >= 4 is 14.2 Å². The molecule has 1 fully saturated rings. The Morgan fingerprint density at radius 3 is 2.50 bits per heavy atom. The molecule has 1 N–H and O–H groups in total. The van der Waals surface area contributed by atoms with E-state index in [4.69, 9.17) is 14.0 Å². The van der Waals surface area contributed by atoms with Crippen LogP contribution in [-0.2, 0) is 18.8 Å². The first-order valence-electron chi connectivity index (χ1n) is 9.25. The molecule has 0 saturated carbocycles. The van der Waals surface area contributed by atoms with Crippen molar-refractivity contribution in [2.45, 2.75) is 70.7 Å². The normalized spacial score (nSPS) is 23.1. The minimum Gasteiger partial charge on any atom is -0.411 e. The lowest BCUT2D eigenvalue weighted by molar-refractivity contribution is -0.184. The third-order valence-electron chi connectivity index (χ3n) is 5.61. The summed E-state index contributed by atoms with van der Waals surface area (Å²) in [4.78, 5) is 44.0. The first kappa shape index (κ1) is 22.5. The van der Waals surface area contributed by atoms with E-state index in [9.17, 15) is 14.4 Å². The maximum atomic E-state index is 12.8. The van der Waals surface area contributed by atoms with E-state index in [1.54, 1.807) is 6.92 Å². The lowest BCUT2D eigenvalue weighted by Gasteiger charge is -2.39. The molecule has 158 valence electrons. The van der Waals surface area contributed by atoms with E-state index >= 15 is 0 Å². The van der Waals surface area contributed by atoms with Gasteiger partial charge in [-0.3, -0.25) is 24.0 Å². The fourth-order valence-corrected chi connectivity index (χ4v) is 4.10. The van der Waals surface area contributed by atoms with Crippen molar-refractivity contribution < 1.29 is 18.8 Å². The van der Waals surface area contributed by atoms with Gasteiger partial charge in [0.1, 0.15) is 6.23 Å². The van der Waals surface area contributed by atoms with Crippen LogP contribution in [0.1, 0.15) is 39.0 Å². The van der Waals surface area contributed by atoms with Gasteiger partial charge in [-0.05, 0) is 25.1 Å². The van der Waals surface area contributed by atoms with Crippen LogP contribution >= 0.6 is 0 Å². The Kier molecular flexibility index (Phi) is 6.39. The second-order valence-electron chi connectivity index (χ2n) is 8.66. The summed E-state index contributed by atoms with van der Waals surface area (Å²) in [5.41, 5.74) is -0.645. The van der Waals surface area contributed by atoms with Crippen LogP contribution in [0.5, 0.6) is 0 Å². The number of ether oxygens (including phenoxy) is 1. The van der Waals surface area contributed by atoms with E-state index in [1.165, 1.54) is 24.9 Å². The average molecular weight is 414 g/mol. The molecule has 0 bridgehead atoms. The largest absolute Gasteiger partial charge is 0.411 e. The lowest BCUT2D eigenvalue weighted by Crippen LogP contribution is -2.49.